The molecule has 0 heterocycles. The Kier molecular flexibility index (Phi) is 6.93. The van der Waals surface area contributed by atoms with Gasteiger partial charge in [0.25, 0.3) is 0 Å². The van der Waals surface area contributed by atoms with E-state index in [1.165, 1.54) is 36.5 Å². The van der Waals surface area contributed by atoms with Crippen LogP contribution in [0.3, 0.4) is 0 Å². The Morgan fingerprint density at radius 2 is 1.90 bits per heavy atom. The van der Waals surface area contributed by atoms with Gasteiger partial charge < -0.3 is 4.74 Å². The number of hydrogen-bond acceptors (Lipinski definition) is 2. The van der Waals surface area contributed by atoms with Crippen molar-refractivity contribution in [3.63, 3.8) is 0 Å². The van der Waals surface area contributed by atoms with Crippen LogP contribution < -0.4 is 0 Å². The van der Waals surface area contributed by atoms with Gasteiger partial charge in [-0.3, -0.25) is 4.79 Å². The molecule has 1 aliphatic rings. The standard InChI is InChI=1S/C19H26O2/c1-16-10-9-14-19(2,3)18(16)12-8-6-5-7-11-17(21-4)13-15-20/h5-8,11-13,15H,9-10,14H2,1-4H3/b6-5+,11-7+,12-8+,17-13+. The van der Waals surface area contributed by atoms with Gasteiger partial charge in [-0.15, -0.1) is 0 Å². The lowest BCUT2D eigenvalue weighted by Gasteiger charge is -2.32. The third-order valence-electron chi connectivity index (χ3n) is 3.87. The number of aldehydes is 1. The van der Waals surface area contributed by atoms with Gasteiger partial charge in [-0.1, -0.05) is 49.8 Å². The first-order valence-electron chi connectivity index (χ1n) is 7.42. The summed E-state index contributed by atoms with van der Waals surface area (Å²) in [7, 11) is 1.55. The minimum absolute atomic E-state index is 0.276. The van der Waals surface area contributed by atoms with Crippen LogP contribution in [0.4, 0.5) is 0 Å². The van der Waals surface area contributed by atoms with Crippen LogP contribution in [0.5, 0.6) is 0 Å². The quantitative estimate of drug-likeness (QED) is 0.300. The SMILES string of the molecule is COC(/C=C/C=C/C=C/C1=C(C)CCCC1(C)C)=C/C=O. The summed E-state index contributed by atoms with van der Waals surface area (Å²) in [5, 5.41) is 0. The van der Waals surface area contributed by atoms with Crippen LogP contribution in [0.1, 0.15) is 40.0 Å². The van der Waals surface area contributed by atoms with Crippen molar-refractivity contribution >= 4 is 6.29 Å². The molecular formula is C19H26O2. The minimum Gasteiger partial charge on any atom is -0.497 e. The highest BCUT2D eigenvalue weighted by Gasteiger charge is 2.26. The first-order chi connectivity index (χ1) is 10.0. The molecule has 0 saturated carbocycles. The Bertz CT molecular complexity index is 500. The summed E-state index contributed by atoms with van der Waals surface area (Å²) in [6, 6.07) is 0. The molecule has 0 aliphatic heterocycles. The molecule has 0 fully saturated rings. The molecule has 0 amide bonds. The minimum atomic E-state index is 0.276. The van der Waals surface area contributed by atoms with Gasteiger partial charge in [0.15, 0.2) is 0 Å². The second kappa shape index (κ2) is 8.46. The third-order valence-corrected chi connectivity index (χ3v) is 3.87. The Hall–Kier alpha value is -1.83. The fraction of sp³-hybridized carbons (Fsp3) is 0.421. The predicted molar refractivity (Wildman–Crippen MR) is 88.9 cm³/mol. The van der Waals surface area contributed by atoms with Crippen LogP contribution >= 0.6 is 0 Å². The lowest BCUT2D eigenvalue weighted by Crippen LogP contribution is -2.18. The van der Waals surface area contributed by atoms with E-state index in [4.69, 9.17) is 4.74 Å². The molecule has 2 heteroatoms. The van der Waals surface area contributed by atoms with Crippen LogP contribution in [0, 0.1) is 5.41 Å². The van der Waals surface area contributed by atoms with Crippen LogP contribution in [0.15, 0.2) is 59.4 Å². The Morgan fingerprint density at radius 3 is 2.52 bits per heavy atom. The zero-order valence-electron chi connectivity index (χ0n) is 13.6. The van der Waals surface area contributed by atoms with E-state index >= 15 is 0 Å². The van der Waals surface area contributed by atoms with Gasteiger partial charge in [0, 0.05) is 6.08 Å². The molecule has 0 aromatic rings. The van der Waals surface area contributed by atoms with Gasteiger partial charge in [-0.05, 0) is 43.3 Å². The maximum absolute atomic E-state index is 10.4. The molecule has 0 aromatic carbocycles. The van der Waals surface area contributed by atoms with Gasteiger partial charge in [0.1, 0.15) is 12.0 Å². The van der Waals surface area contributed by atoms with Crippen LogP contribution in [0.25, 0.3) is 0 Å². The summed E-state index contributed by atoms with van der Waals surface area (Å²) in [6.07, 6.45) is 17.7. The maximum Gasteiger partial charge on any atom is 0.146 e. The second-order valence-corrected chi connectivity index (χ2v) is 5.94. The van der Waals surface area contributed by atoms with Crippen molar-refractivity contribution in [1.82, 2.24) is 0 Å². The van der Waals surface area contributed by atoms with E-state index in [1.54, 1.807) is 13.2 Å². The van der Waals surface area contributed by atoms with Gasteiger partial charge >= 0.3 is 0 Å². The normalized spacial score (nSPS) is 19.9. The number of ether oxygens (including phenoxy) is 1. The largest absolute Gasteiger partial charge is 0.497 e. The van der Waals surface area contributed by atoms with Gasteiger partial charge in [-0.2, -0.15) is 0 Å². The summed E-state index contributed by atoms with van der Waals surface area (Å²) in [5.41, 5.74) is 3.24. The summed E-state index contributed by atoms with van der Waals surface area (Å²) in [6.45, 7) is 6.86. The van der Waals surface area contributed by atoms with Crippen molar-refractivity contribution in [2.24, 2.45) is 5.41 Å². The fourth-order valence-corrected chi connectivity index (χ4v) is 2.70. The first-order valence-corrected chi connectivity index (χ1v) is 7.42. The molecule has 0 spiro atoms. The number of allylic oxidation sites excluding steroid dienone is 9. The second-order valence-electron chi connectivity index (χ2n) is 5.94. The lowest BCUT2D eigenvalue weighted by atomic mass is 9.73. The van der Waals surface area contributed by atoms with Crippen LogP contribution in [-0.4, -0.2) is 13.4 Å². The Balaban J connectivity index is 2.66. The van der Waals surface area contributed by atoms with Crippen molar-refractivity contribution in [1.29, 1.82) is 0 Å². The molecule has 0 unspecified atom stereocenters. The number of carbonyl (C=O) groups is 1. The molecule has 0 bridgehead atoms. The molecule has 2 nitrogen and oxygen atoms in total. The van der Waals surface area contributed by atoms with Crippen molar-refractivity contribution in [2.45, 2.75) is 40.0 Å². The number of rotatable bonds is 6. The van der Waals surface area contributed by atoms with E-state index in [2.05, 4.69) is 32.9 Å². The van der Waals surface area contributed by atoms with E-state index in [-0.39, 0.29) is 5.41 Å². The van der Waals surface area contributed by atoms with E-state index in [0.29, 0.717) is 12.0 Å². The highest BCUT2D eigenvalue weighted by atomic mass is 16.5. The topological polar surface area (TPSA) is 26.3 Å². The van der Waals surface area contributed by atoms with Crippen molar-refractivity contribution in [2.75, 3.05) is 7.11 Å². The van der Waals surface area contributed by atoms with Crippen molar-refractivity contribution in [3.8, 4) is 0 Å². The number of methoxy groups -OCH3 is 1. The van der Waals surface area contributed by atoms with Crippen molar-refractivity contribution in [3.05, 3.63) is 59.4 Å². The van der Waals surface area contributed by atoms with Gasteiger partial charge in [0.05, 0.1) is 7.11 Å². The molecule has 21 heavy (non-hydrogen) atoms. The van der Waals surface area contributed by atoms with E-state index in [0.717, 1.165) is 0 Å². The summed E-state index contributed by atoms with van der Waals surface area (Å²) < 4.78 is 5.02. The lowest BCUT2D eigenvalue weighted by molar-refractivity contribution is -0.104. The van der Waals surface area contributed by atoms with Gasteiger partial charge in [-0.25, -0.2) is 0 Å². The number of carbonyl (C=O) groups excluding carboxylic acids is 1. The molecule has 1 aliphatic carbocycles. The highest BCUT2D eigenvalue weighted by Crippen LogP contribution is 2.40. The number of hydrogen-bond donors (Lipinski definition) is 0. The summed E-state index contributed by atoms with van der Waals surface area (Å²) in [4.78, 5) is 10.4. The molecular weight excluding hydrogens is 260 g/mol. The van der Waals surface area contributed by atoms with Crippen LogP contribution in [0.2, 0.25) is 0 Å². The summed E-state index contributed by atoms with van der Waals surface area (Å²) in [5.74, 6) is 0.547. The molecule has 0 aromatic heterocycles. The van der Waals surface area contributed by atoms with Crippen LogP contribution in [-0.2, 0) is 9.53 Å². The summed E-state index contributed by atoms with van der Waals surface area (Å²) >= 11 is 0. The maximum atomic E-state index is 10.4. The average molecular weight is 286 g/mol. The first kappa shape index (κ1) is 17.2. The van der Waals surface area contributed by atoms with E-state index < -0.39 is 0 Å². The highest BCUT2D eigenvalue weighted by molar-refractivity contribution is 5.66. The molecule has 0 atom stereocenters. The molecule has 0 saturated heterocycles. The van der Waals surface area contributed by atoms with E-state index in [1.807, 2.05) is 18.2 Å². The molecule has 1 rings (SSSR count). The smallest absolute Gasteiger partial charge is 0.146 e. The fourth-order valence-electron chi connectivity index (χ4n) is 2.70. The van der Waals surface area contributed by atoms with Gasteiger partial charge in [0.2, 0.25) is 0 Å². The predicted octanol–water partition coefficient (Wildman–Crippen LogP) is 4.91. The molecule has 0 N–H and O–H groups in total. The zero-order valence-corrected chi connectivity index (χ0v) is 13.6. The zero-order chi connectivity index (χ0) is 15.7. The third kappa shape index (κ3) is 5.58. The molecule has 114 valence electrons. The Labute approximate surface area is 128 Å². The molecule has 0 radical (unpaired) electrons. The monoisotopic (exact) mass is 286 g/mol. The van der Waals surface area contributed by atoms with E-state index in [9.17, 15) is 4.79 Å². The van der Waals surface area contributed by atoms with Crippen molar-refractivity contribution < 1.29 is 9.53 Å². The average Bonchev–Trinajstić information content (AvgIpc) is 2.43. The Morgan fingerprint density at radius 1 is 1.19 bits per heavy atom.